The molecule has 0 atom stereocenters. The molecule has 0 saturated heterocycles. The van der Waals surface area contributed by atoms with Crippen LogP contribution in [0.25, 0.3) is 10.8 Å². The molecule has 4 rings (SSSR count). The summed E-state index contributed by atoms with van der Waals surface area (Å²) in [6.07, 6.45) is 0.401. The zero-order chi connectivity index (χ0) is 25.7. The maximum atomic E-state index is 13.1. The second kappa shape index (κ2) is 11.1. The predicted molar refractivity (Wildman–Crippen MR) is 130 cm³/mol. The highest BCUT2D eigenvalue weighted by Crippen LogP contribution is 2.30. The normalized spacial score (nSPS) is 11.1. The van der Waals surface area contributed by atoms with Gasteiger partial charge in [0, 0.05) is 6.54 Å². The Morgan fingerprint density at radius 1 is 1.03 bits per heavy atom. The van der Waals surface area contributed by atoms with E-state index in [1.807, 2.05) is 44.2 Å². The summed E-state index contributed by atoms with van der Waals surface area (Å²) >= 11 is 0. The number of rotatable bonds is 10. The van der Waals surface area contributed by atoms with Crippen LogP contribution in [0.5, 0.6) is 17.2 Å². The number of hydrogen-bond acceptors (Lipinski definition) is 6. The minimum absolute atomic E-state index is 0.0548. The number of amides is 1. The fourth-order valence-corrected chi connectivity index (χ4v) is 3.85. The molecule has 1 N–H and O–H groups in total. The molecule has 0 saturated carbocycles. The summed E-state index contributed by atoms with van der Waals surface area (Å²) in [4.78, 5) is 13.1. The van der Waals surface area contributed by atoms with Gasteiger partial charge in [-0.25, -0.2) is 0 Å². The van der Waals surface area contributed by atoms with Crippen molar-refractivity contribution >= 4 is 16.7 Å². The van der Waals surface area contributed by atoms with E-state index in [1.165, 1.54) is 13.2 Å². The van der Waals surface area contributed by atoms with Crippen molar-refractivity contribution in [1.82, 2.24) is 10.5 Å². The maximum Gasteiger partial charge on any atom is 0.387 e. The average Bonchev–Trinajstić information content (AvgIpc) is 3.18. The molecule has 4 aromatic rings. The molecule has 36 heavy (non-hydrogen) atoms. The van der Waals surface area contributed by atoms with E-state index in [0.717, 1.165) is 22.0 Å². The Hall–Kier alpha value is -4.14. The Bertz CT molecular complexity index is 1350. The molecule has 0 fully saturated rings. The summed E-state index contributed by atoms with van der Waals surface area (Å²) < 4.78 is 46.3. The van der Waals surface area contributed by atoms with E-state index < -0.39 is 6.61 Å². The van der Waals surface area contributed by atoms with Crippen LogP contribution in [0.3, 0.4) is 0 Å². The van der Waals surface area contributed by atoms with Gasteiger partial charge in [0.25, 0.3) is 5.91 Å². The standard InChI is InChI=1S/C27H26F2N2O5/c1-16-22(17(2)36-31-16)15-34-24-14-20-7-5-4-6-19(20)13-21(24)26(32)30-11-10-18-8-9-23(33-3)25(12-18)35-27(28)29/h4-9,12-14,27H,10-11,15H2,1-3H3,(H,30,32). The van der Waals surface area contributed by atoms with Gasteiger partial charge in [-0.15, -0.1) is 0 Å². The topological polar surface area (TPSA) is 82.8 Å². The fourth-order valence-electron chi connectivity index (χ4n) is 3.85. The molecule has 9 heteroatoms. The van der Waals surface area contributed by atoms with Crippen LogP contribution in [-0.4, -0.2) is 31.3 Å². The lowest BCUT2D eigenvalue weighted by Crippen LogP contribution is -2.26. The fraction of sp³-hybridized carbons (Fsp3) is 0.259. The first-order chi connectivity index (χ1) is 17.4. The summed E-state index contributed by atoms with van der Waals surface area (Å²) in [5.74, 6) is 0.935. The number of hydrogen-bond donors (Lipinski definition) is 1. The van der Waals surface area contributed by atoms with Gasteiger partial charge in [-0.3, -0.25) is 4.79 Å². The number of nitrogens with one attached hydrogen (secondary N) is 1. The van der Waals surface area contributed by atoms with Crippen molar-refractivity contribution < 1.29 is 32.3 Å². The molecule has 0 spiro atoms. The van der Waals surface area contributed by atoms with Crippen molar-refractivity contribution in [2.24, 2.45) is 0 Å². The highest BCUT2D eigenvalue weighted by atomic mass is 19.3. The summed E-state index contributed by atoms with van der Waals surface area (Å²) in [7, 11) is 1.38. The van der Waals surface area contributed by atoms with E-state index in [1.54, 1.807) is 18.2 Å². The summed E-state index contributed by atoms with van der Waals surface area (Å²) in [5, 5.41) is 8.67. The molecule has 0 bridgehead atoms. The highest BCUT2D eigenvalue weighted by Gasteiger charge is 2.17. The molecule has 1 heterocycles. The molecular formula is C27H26F2N2O5. The minimum Gasteiger partial charge on any atom is -0.493 e. The monoisotopic (exact) mass is 496 g/mol. The first-order valence-electron chi connectivity index (χ1n) is 11.3. The molecule has 0 radical (unpaired) electrons. The molecule has 188 valence electrons. The van der Waals surface area contributed by atoms with Gasteiger partial charge in [0.2, 0.25) is 0 Å². The van der Waals surface area contributed by atoms with Crippen LogP contribution >= 0.6 is 0 Å². The van der Waals surface area contributed by atoms with Crippen LogP contribution in [0.2, 0.25) is 0 Å². The predicted octanol–water partition coefficient (Wildman–Crippen LogP) is 5.61. The van der Waals surface area contributed by atoms with Crippen LogP contribution in [0.4, 0.5) is 8.78 Å². The Morgan fingerprint density at radius 2 is 1.78 bits per heavy atom. The van der Waals surface area contributed by atoms with Crippen molar-refractivity contribution in [2.75, 3.05) is 13.7 Å². The van der Waals surface area contributed by atoms with Crippen molar-refractivity contribution in [1.29, 1.82) is 0 Å². The van der Waals surface area contributed by atoms with Crippen LogP contribution < -0.4 is 19.5 Å². The van der Waals surface area contributed by atoms with E-state index in [0.29, 0.717) is 29.1 Å². The van der Waals surface area contributed by atoms with Gasteiger partial charge in [-0.05, 0) is 60.9 Å². The van der Waals surface area contributed by atoms with Crippen LogP contribution in [0.1, 0.15) is 32.9 Å². The average molecular weight is 497 g/mol. The van der Waals surface area contributed by atoms with Crippen molar-refractivity contribution in [3.63, 3.8) is 0 Å². The van der Waals surface area contributed by atoms with Crippen molar-refractivity contribution in [3.05, 3.63) is 82.7 Å². The smallest absolute Gasteiger partial charge is 0.387 e. The lowest BCUT2D eigenvalue weighted by Gasteiger charge is -2.14. The zero-order valence-corrected chi connectivity index (χ0v) is 20.1. The lowest BCUT2D eigenvalue weighted by molar-refractivity contribution is -0.0512. The second-order valence-corrected chi connectivity index (χ2v) is 8.16. The van der Waals surface area contributed by atoms with Gasteiger partial charge in [-0.2, -0.15) is 8.78 Å². The maximum absolute atomic E-state index is 13.1. The SMILES string of the molecule is COc1ccc(CCNC(=O)c2cc3ccccc3cc2OCc2c(C)noc2C)cc1OC(F)F. The van der Waals surface area contributed by atoms with Gasteiger partial charge in [-0.1, -0.05) is 35.5 Å². The van der Waals surface area contributed by atoms with Crippen LogP contribution in [-0.2, 0) is 13.0 Å². The second-order valence-electron chi connectivity index (χ2n) is 8.16. The molecule has 0 aliphatic rings. The Balaban J connectivity index is 1.50. The molecule has 7 nitrogen and oxygen atoms in total. The molecular weight excluding hydrogens is 470 g/mol. The molecule has 1 aromatic heterocycles. The van der Waals surface area contributed by atoms with Crippen molar-refractivity contribution in [2.45, 2.75) is 33.5 Å². The first kappa shape index (κ1) is 25.0. The number of nitrogens with zero attached hydrogens (tertiary/aromatic N) is 1. The number of aryl methyl sites for hydroxylation is 2. The molecule has 0 aliphatic heterocycles. The summed E-state index contributed by atoms with van der Waals surface area (Å²) in [6.45, 7) is 1.16. The molecule has 0 aliphatic carbocycles. The highest BCUT2D eigenvalue weighted by molar-refractivity contribution is 6.01. The number of carbonyl (C=O) groups excluding carboxylic acids is 1. The number of fused-ring (bicyclic) bond motifs is 1. The van der Waals surface area contributed by atoms with Gasteiger partial charge in [0.15, 0.2) is 11.5 Å². The Morgan fingerprint density at radius 3 is 2.44 bits per heavy atom. The Labute approximate surface area is 206 Å². The third-order valence-corrected chi connectivity index (χ3v) is 5.79. The molecule has 0 unspecified atom stereocenters. The largest absolute Gasteiger partial charge is 0.493 e. The number of aromatic nitrogens is 1. The summed E-state index contributed by atoms with van der Waals surface area (Å²) in [5.41, 5.74) is 2.65. The minimum atomic E-state index is -2.97. The zero-order valence-electron chi connectivity index (χ0n) is 20.1. The van der Waals surface area contributed by atoms with Gasteiger partial charge in [0.05, 0.1) is 23.9 Å². The van der Waals surface area contributed by atoms with E-state index in [-0.39, 0.29) is 30.6 Å². The number of halogens is 2. The van der Waals surface area contributed by atoms with Gasteiger partial charge >= 0.3 is 6.61 Å². The number of benzene rings is 3. The van der Waals surface area contributed by atoms with E-state index in [4.69, 9.17) is 14.0 Å². The number of alkyl halides is 2. The lowest BCUT2D eigenvalue weighted by atomic mass is 10.0. The van der Waals surface area contributed by atoms with E-state index in [2.05, 4.69) is 15.2 Å². The van der Waals surface area contributed by atoms with E-state index in [9.17, 15) is 13.6 Å². The van der Waals surface area contributed by atoms with Crippen LogP contribution in [0, 0.1) is 13.8 Å². The van der Waals surface area contributed by atoms with Gasteiger partial charge < -0.3 is 24.1 Å². The molecule has 3 aromatic carbocycles. The first-order valence-corrected chi connectivity index (χ1v) is 11.3. The third kappa shape index (κ3) is 5.73. The number of methoxy groups -OCH3 is 1. The number of ether oxygens (including phenoxy) is 3. The van der Waals surface area contributed by atoms with Crippen LogP contribution in [0.15, 0.2) is 59.1 Å². The quantitative estimate of drug-likeness (QED) is 0.308. The number of carbonyl (C=O) groups is 1. The molecule has 1 amide bonds. The van der Waals surface area contributed by atoms with E-state index >= 15 is 0 Å². The summed E-state index contributed by atoms with van der Waals surface area (Å²) in [6, 6.07) is 16.1. The third-order valence-electron chi connectivity index (χ3n) is 5.79. The van der Waals surface area contributed by atoms with Gasteiger partial charge in [0.1, 0.15) is 18.1 Å². The van der Waals surface area contributed by atoms with Crippen molar-refractivity contribution in [3.8, 4) is 17.2 Å². The Kier molecular flexibility index (Phi) is 7.68.